The molecule has 2 amide bonds. The Kier molecular flexibility index (Phi) is 9.78. The first-order valence-electron chi connectivity index (χ1n) is 14.3. The molecule has 5 rings (SSSR count). The summed E-state index contributed by atoms with van der Waals surface area (Å²) >= 11 is 0. The lowest BCUT2D eigenvalue weighted by atomic mass is 10.1. The van der Waals surface area contributed by atoms with Crippen LogP contribution in [0.2, 0.25) is 0 Å². The van der Waals surface area contributed by atoms with Gasteiger partial charge >= 0.3 is 0 Å². The molecule has 2 N–H and O–H groups in total. The van der Waals surface area contributed by atoms with Crippen LogP contribution in [0, 0.1) is 0 Å². The Labute approximate surface area is 255 Å². The summed E-state index contributed by atoms with van der Waals surface area (Å²) in [6.45, 7) is 9.45. The predicted octanol–water partition coefficient (Wildman–Crippen LogP) is 4.31. The third-order valence-corrected chi connectivity index (χ3v) is 6.74. The number of aromatic nitrogens is 7. The van der Waals surface area contributed by atoms with E-state index in [4.69, 9.17) is 4.98 Å². The fourth-order valence-corrected chi connectivity index (χ4v) is 4.38. The lowest BCUT2D eigenvalue weighted by Crippen LogP contribution is -2.24. The molecule has 2 aromatic carbocycles. The Morgan fingerprint density at radius 2 is 1.07 bits per heavy atom. The van der Waals surface area contributed by atoms with Gasteiger partial charge in [-0.3, -0.25) is 9.59 Å². The van der Waals surface area contributed by atoms with Crippen molar-refractivity contribution in [3.05, 3.63) is 127 Å². The fourth-order valence-electron chi connectivity index (χ4n) is 4.38. The second kappa shape index (κ2) is 14.5. The van der Waals surface area contributed by atoms with E-state index in [1.54, 1.807) is 45.8 Å². The van der Waals surface area contributed by atoms with Crippen LogP contribution < -0.4 is 10.6 Å². The van der Waals surface area contributed by atoms with E-state index in [-0.39, 0.29) is 11.8 Å². The Balaban J connectivity index is 1.19. The molecule has 0 aliphatic heterocycles. The first-order valence-corrected chi connectivity index (χ1v) is 14.3. The molecule has 3 heterocycles. The van der Waals surface area contributed by atoms with Gasteiger partial charge in [-0.2, -0.15) is 0 Å². The summed E-state index contributed by atoms with van der Waals surface area (Å²) in [5, 5.41) is 22.9. The summed E-state index contributed by atoms with van der Waals surface area (Å²) in [6.07, 6.45) is 8.67. The van der Waals surface area contributed by atoms with Crippen LogP contribution in [-0.2, 0) is 13.1 Å². The lowest BCUT2D eigenvalue weighted by Gasteiger charge is -2.05. The van der Waals surface area contributed by atoms with E-state index < -0.39 is 0 Å². The van der Waals surface area contributed by atoms with Crippen LogP contribution in [0.3, 0.4) is 0 Å². The minimum Gasteiger partial charge on any atom is -0.352 e. The van der Waals surface area contributed by atoms with Gasteiger partial charge in [-0.15, -0.1) is 23.4 Å². The number of benzene rings is 2. The number of pyridine rings is 1. The highest BCUT2D eigenvalue weighted by atomic mass is 16.2. The van der Waals surface area contributed by atoms with Crippen LogP contribution in [0.4, 0.5) is 0 Å². The van der Waals surface area contributed by atoms with E-state index in [1.165, 1.54) is 0 Å². The monoisotopic (exact) mass is 587 g/mol. The zero-order valence-electron chi connectivity index (χ0n) is 24.3. The second-order valence-electron chi connectivity index (χ2n) is 10.1. The van der Waals surface area contributed by atoms with E-state index in [0.29, 0.717) is 60.1 Å². The van der Waals surface area contributed by atoms with Gasteiger partial charge in [0.15, 0.2) is 0 Å². The van der Waals surface area contributed by atoms with Crippen molar-refractivity contribution in [3.8, 4) is 22.8 Å². The number of hydrogen-bond acceptors (Lipinski definition) is 7. The molecule has 0 atom stereocenters. The van der Waals surface area contributed by atoms with Gasteiger partial charge in [0.05, 0.1) is 36.9 Å². The van der Waals surface area contributed by atoms with Crippen molar-refractivity contribution in [3.63, 3.8) is 0 Å². The number of carbonyl (C=O) groups is 2. The normalized spacial score (nSPS) is 10.7. The van der Waals surface area contributed by atoms with Crippen molar-refractivity contribution in [2.45, 2.75) is 25.9 Å². The summed E-state index contributed by atoms with van der Waals surface area (Å²) in [7, 11) is 0. The summed E-state index contributed by atoms with van der Waals surface area (Å²) < 4.78 is 3.46. The molecule has 0 unspecified atom stereocenters. The van der Waals surface area contributed by atoms with Gasteiger partial charge in [0.25, 0.3) is 11.8 Å². The third kappa shape index (κ3) is 7.77. The van der Waals surface area contributed by atoms with Crippen LogP contribution in [0.15, 0.2) is 104 Å². The smallest absolute Gasteiger partial charge is 0.251 e. The molecule has 0 aliphatic rings. The van der Waals surface area contributed by atoms with Crippen molar-refractivity contribution in [1.82, 2.24) is 45.6 Å². The molecule has 11 nitrogen and oxygen atoms in total. The Morgan fingerprint density at radius 1 is 0.636 bits per heavy atom. The van der Waals surface area contributed by atoms with Crippen LogP contribution in [0.1, 0.15) is 44.7 Å². The minimum absolute atomic E-state index is 0.109. The van der Waals surface area contributed by atoms with Gasteiger partial charge in [-0.1, -0.05) is 52.9 Å². The van der Waals surface area contributed by atoms with Crippen LogP contribution in [0.25, 0.3) is 22.8 Å². The maximum atomic E-state index is 12.2. The lowest BCUT2D eigenvalue weighted by molar-refractivity contribution is 0.0946. The van der Waals surface area contributed by atoms with Gasteiger partial charge in [0.2, 0.25) is 0 Å². The molecule has 0 fully saturated rings. The van der Waals surface area contributed by atoms with Gasteiger partial charge in [-0.05, 0) is 60.4 Å². The summed E-state index contributed by atoms with van der Waals surface area (Å²) in [6, 6.07) is 20.5. The molecule has 0 saturated carbocycles. The number of amides is 2. The molecule has 0 spiro atoms. The number of carbonyl (C=O) groups excluding carboxylic acids is 2. The van der Waals surface area contributed by atoms with E-state index >= 15 is 0 Å². The standard InChI is InChI=1S/C33H33N9O2/c1-3-5-18-34-32(43)26-14-10-24(11-15-26)20-41-22-30(37-39-41)28-8-7-9-29(36-28)31-23-42(40-38-31)21-25-12-16-27(17-13-25)33(44)35-19-6-4-2/h3-4,7-17,22-23H,1-2,5-6,18-21H2,(H,34,43)(H,35,44). The number of nitrogens with zero attached hydrogens (tertiary/aromatic N) is 7. The predicted molar refractivity (Wildman–Crippen MR) is 168 cm³/mol. The van der Waals surface area contributed by atoms with Crippen LogP contribution in [0.5, 0.6) is 0 Å². The van der Waals surface area contributed by atoms with Crippen molar-refractivity contribution in [2.75, 3.05) is 13.1 Å². The van der Waals surface area contributed by atoms with Gasteiger partial charge in [-0.25, -0.2) is 14.3 Å². The third-order valence-electron chi connectivity index (χ3n) is 6.74. The van der Waals surface area contributed by atoms with Crippen LogP contribution >= 0.6 is 0 Å². The molecular formula is C33H33N9O2. The summed E-state index contributed by atoms with van der Waals surface area (Å²) in [5.41, 5.74) is 5.78. The van der Waals surface area contributed by atoms with Crippen molar-refractivity contribution >= 4 is 11.8 Å². The maximum Gasteiger partial charge on any atom is 0.251 e. The maximum absolute atomic E-state index is 12.2. The van der Waals surface area contributed by atoms with Crippen molar-refractivity contribution < 1.29 is 9.59 Å². The molecule has 3 aromatic heterocycles. The Morgan fingerprint density at radius 3 is 1.48 bits per heavy atom. The van der Waals surface area contributed by atoms with Crippen molar-refractivity contribution in [1.29, 1.82) is 0 Å². The zero-order valence-corrected chi connectivity index (χ0v) is 24.3. The molecule has 0 bridgehead atoms. The Hall–Kier alpha value is -5.71. The van der Waals surface area contributed by atoms with Crippen molar-refractivity contribution in [2.24, 2.45) is 0 Å². The number of nitrogens with one attached hydrogen (secondary N) is 2. The molecule has 5 aromatic rings. The Bertz CT molecular complexity index is 1610. The molecular weight excluding hydrogens is 554 g/mol. The molecule has 0 saturated heterocycles. The average molecular weight is 588 g/mol. The number of hydrogen-bond donors (Lipinski definition) is 2. The zero-order chi connectivity index (χ0) is 30.7. The largest absolute Gasteiger partial charge is 0.352 e. The van der Waals surface area contributed by atoms with E-state index in [0.717, 1.165) is 24.0 Å². The first kappa shape index (κ1) is 29.8. The highest BCUT2D eigenvalue weighted by molar-refractivity contribution is 5.94. The second-order valence-corrected chi connectivity index (χ2v) is 10.1. The van der Waals surface area contributed by atoms with Gasteiger partial charge in [0, 0.05) is 24.2 Å². The topological polar surface area (TPSA) is 133 Å². The first-order chi connectivity index (χ1) is 21.5. The number of rotatable bonds is 14. The SMILES string of the molecule is C=CCCNC(=O)c1ccc(Cn2cc(-c3cccc(-c4cn(Cc5ccc(C(=O)NCCC=C)cc5)nn4)n3)nn2)cc1. The van der Waals surface area contributed by atoms with E-state index in [2.05, 4.69) is 44.4 Å². The molecule has 222 valence electrons. The van der Waals surface area contributed by atoms with E-state index in [9.17, 15) is 9.59 Å². The van der Waals surface area contributed by atoms with Gasteiger partial charge in [0.1, 0.15) is 11.4 Å². The molecule has 0 radical (unpaired) electrons. The molecule has 44 heavy (non-hydrogen) atoms. The van der Waals surface area contributed by atoms with E-state index in [1.807, 2.05) is 54.9 Å². The van der Waals surface area contributed by atoms with Gasteiger partial charge < -0.3 is 10.6 Å². The molecule has 0 aliphatic carbocycles. The minimum atomic E-state index is -0.109. The highest BCUT2D eigenvalue weighted by Crippen LogP contribution is 2.20. The molecule has 11 heteroatoms. The average Bonchev–Trinajstić information content (AvgIpc) is 3.72. The fraction of sp³-hybridized carbons (Fsp3) is 0.182. The van der Waals surface area contributed by atoms with Crippen LogP contribution in [-0.4, -0.2) is 59.9 Å². The summed E-state index contributed by atoms with van der Waals surface area (Å²) in [5.74, 6) is -0.217. The summed E-state index contributed by atoms with van der Waals surface area (Å²) in [4.78, 5) is 29.2. The quantitative estimate of drug-likeness (QED) is 0.146. The highest BCUT2D eigenvalue weighted by Gasteiger charge is 2.12.